The molecule has 0 atom stereocenters. The molecule has 0 fully saturated rings. The maximum Gasteiger partial charge on any atom is 0.331 e. The van der Waals surface area contributed by atoms with Crippen LogP contribution in [0.15, 0.2) is 85.0 Å². The van der Waals surface area contributed by atoms with E-state index in [2.05, 4.69) is 13.8 Å². The second kappa shape index (κ2) is 32.5. The summed E-state index contributed by atoms with van der Waals surface area (Å²) in [6.07, 6.45) is 20.7. The summed E-state index contributed by atoms with van der Waals surface area (Å²) in [6, 6.07) is 18.2. The molecule has 0 radical (unpaired) electrons. The third-order valence-corrected chi connectivity index (χ3v) is 10.6. The van der Waals surface area contributed by atoms with Gasteiger partial charge >= 0.3 is 133 Å². The molecule has 0 N–H and O–H groups in total. The summed E-state index contributed by atoms with van der Waals surface area (Å²) in [5, 5.41) is 19.9. The molecule has 0 aliphatic carbocycles. The second-order valence-electron chi connectivity index (χ2n) is 10.8. The zero-order chi connectivity index (χ0) is 34.8. The molecule has 0 saturated carbocycles. The summed E-state index contributed by atoms with van der Waals surface area (Å²) in [7, 11) is 0. The van der Waals surface area contributed by atoms with Gasteiger partial charge < -0.3 is 29.3 Å². The minimum Gasteiger partial charge on any atom is -0.545 e. The summed E-state index contributed by atoms with van der Waals surface area (Å²) in [5.41, 5.74) is 1.68. The standard InChI is InChI=1S/2C11H10O4.2C8H17.Sn/c2*12-10(13)6-7-11(14)15-8-9-4-2-1-3-5-9;2*1-3-5-7-8-6-4-2;/h2*1-7H,8H2,(H,12,13);2*1,3-8H2,2H3;/q;;;;+2/p-2/b2*7-6-;;;. The summed E-state index contributed by atoms with van der Waals surface area (Å²) < 4.78 is 12.8. The number of carbonyl (C=O) groups is 4. The smallest absolute Gasteiger partial charge is 0.331 e. The van der Waals surface area contributed by atoms with Crippen molar-refractivity contribution in [3.63, 3.8) is 0 Å². The number of unbranched alkanes of at least 4 members (excludes halogenated alkanes) is 10. The van der Waals surface area contributed by atoms with E-state index in [-0.39, 0.29) is 34.4 Å². The first kappa shape index (κ1) is 43.6. The van der Waals surface area contributed by atoms with E-state index in [1.807, 2.05) is 36.4 Å². The number of hydrogen-bond donors (Lipinski definition) is 0. The van der Waals surface area contributed by atoms with Crippen molar-refractivity contribution in [2.24, 2.45) is 0 Å². The number of carboxylic acid groups (broad SMARTS) is 2. The molecule has 9 heteroatoms. The average Bonchev–Trinajstić information content (AvgIpc) is 3.08. The number of rotatable bonds is 22. The summed E-state index contributed by atoms with van der Waals surface area (Å²) in [6.45, 7) is 4.85. The number of carbonyl (C=O) groups excluding carboxylic acids is 4. The van der Waals surface area contributed by atoms with Gasteiger partial charge in [0.15, 0.2) is 0 Å². The summed E-state index contributed by atoms with van der Waals surface area (Å²) >= 11 is 0.0736. The van der Waals surface area contributed by atoms with Gasteiger partial charge in [-0.1, -0.05) is 60.7 Å². The minimum atomic E-state index is -1.42. The van der Waals surface area contributed by atoms with Crippen LogP contribution in [0, 0.1) is 0 Å². The van der Waals surface area contributed by atoms with E-state index in [1.54, 1.807) is 46.0 Å². The molecular weight excluding hydrogens is 703 g/mol. The molecule has 0 unspecified atom stereocenters. The monoisotopic (exact) mass is 756 g/mol. The Balaban J connectivity index is 0.000000677. The molecule has 2 aromatic rings. The first-order valence-electron chi connectivity index (χ1n) is 16.7. The predicted octanol–water partition coefficient (Wildman–Crippen LogP) is 6.32. The Labute approximate surface area is 291 Å². The molecule has 0 bridgehead atoms. The van der Waals surface area contributed by atoms with E-state index in [0.29, 0.717) is 12.2 Å². The van der Waals surface area contributed by atoms with Gasteiger partial charge in [0, 0.05) is 12.2 Å². The van der Waals surface area contributed by atoms with Gasteiger partial charge in [0.2, 0.25) is 0 Å². The first-order chi connectivity index (χ1) is 22.8. The van der Waals surface area contributed by atoms with Crippen molar-refractivity contribution in [3.8, 4) is 0 Å². The van der Waals surface area contributed by atoms with E-state index in [1.165, 1.54) is 64.2 Å². The van der Waals surface area contributed by atoms with Crippen molar-refractivity contribution in [2.75, 3.05) is 0 Å². The van der Waals surface area contributed by atoms with Crippen LogP contribution in [0.3, 0.4) is 0 Å². The van der Waals surface area contributed by atoms with Gasteiger partial charge in [0.1, 0.15) is 13.2 Å². The van der Waals surface area contributed by atoms with Crippen LogP contribution in [0.4, 0.5) is 0 Å². The molecule has 0 aliphatic heterocycles. The molecule has 2 rings (SSSR count). The summed E-state index contributed by atoms with van der Waals surface area (Å²) in [5.74, 6) is -4.26. The average molecular weight is 756 g/mol. The van der Waals surface area contributed by atoms with Gasteiger partial charge in [-0.15, -0.1) is 0 Å². The van der Waals surface area contributed by atoms with Crippen molar-refractivity contribution in [3.05, 3.63) is 96.1 Å². The Hall–Kier alpha value is -3.40. The summed E-state index contributed by atoms with van der Waals surface area (Å²) in [4.78, 5) is 41.8. The fourth-order valence-corrected chi connectivity index (χ4v) is 7.58. The molecular formula is C38H52O8Sn. The third-order valence-electron chi connectivity index (χ3n) is 6.57. The minimum absolute atomic E-state index is 0.0736. The Morgan fingerprint density at radius 1 is 0.532 bits per heavy atom. The second-order valence-corrected chi connectivity index (χ2v) is 15.1. The fraction of sp³-hybridized carbons (Fsp3) is 0.474. The molecule has 0 aromatic heterocycles. The maximum atomic E-state index is 10.9. The topological polar surface area (TPSA) is 133 Å². The zero-order valence-electron chi connectivity index (χ0n) is 28.2. The van der Waals surface area contributed by atoms with E-state index in [9.17, 15) is 29.4 Å². The molecule has 256 valence electrons. The van der Waals surface area contributed by atoms with E-state index >= 15 is 0 Å². The van der Waals surface area contributed by atoms with Crippen LogP contribution in [0.5, 0.6) is 0 Å². The number of esters is 2. The number of benzene rings is 2. The molecule has 8 nitrogen and oxygen atoms in total. The largest absolute Gasteiger partial charge is 0.545 e. The van der Waals surface area contributed by atoms with Crippen LogP contribution >= 0.6 is 0 Å². The molecule has 0 amide bonds. The number of aliphatic carboxylic acids is 2. The predicted molar refractivity (Wildman–Crippen MR) is 183 cm³/mol. The molecule has 0 aliphatic rings. The van der Waals surface area contributed by atoms with E-state index in [0.717, 1.165) is 23.3 Å². The number of ether oxygens (including phenoxy) is 2. The SMILES string of the molecule is CCCCCCC[CH2][Sn+2][CH2]CCCCCCC.O=C([O-])/C=C\C(=O)OCc1ccccc1.O=C([O-])/C=C\C(=O)OCc1ccccc1. The van der Waals surface area contributed by atoms with Gasteiger partial charge in [-0.25, -0.2) is 9.59 Å². The number of hydrogen-bond acceptors (Lipinski definition) is 8. The Morgan fingerprint density at radius 2 is 0.872 bits per heavy atom. The maximum absolute atomic E-state index is 10.9. The molecule has 0 saturated heterocycles. The molecule has 47 heavy (non-hydrogen) atoms. The van der Waals surface area contributed by atoms with Gasteiger partial charge in [0.05, 0.1) is 11.9 Å². The van der Waals surface area contributed by atoms with Crippen molar-refractivity contribution in [2.45, 2.75) is 113 Å². The van der Waals surface area contributed by atoms with Crippen molar-refractivity contribution in [1.29, 1.82) is 0 Å². The number of carboxylic acids is 2. The molecule has 0 spiro atoms. The van der Waals surface area contributed by atoms with Crippen molar-refractivity contribution >= 4 is 45.0 Å². The van der Waals surface area contributed by atoms with Crippen molar-refractivity contribution < 1.29 is 38.9 Å². The van der Waals surface area contributed by atoms with E-state index < -0.39 is 23.9 Å². The van der Waals surface area contributed by atoms with E-state index in [4.69, 9.17) is 9.47 Å². The Bertz CT molecular complexity index is 1040. The first-order valence-corrected chi connectivity index (χ1v) is 20.7. The van der Waals surface area contributed by atoms with Gasteiger partial charge in [-0.05, 0) is 23.3 Å². The van der Waals surface area contributed by atoms with Crippen LogP contribution in [0.25, 0.3) is 0 Å². The van der Waals surface area contributed by atoms with Gasteiger partial charge in [0.25, 0.3) is 0 Å². The normalized spacial score (nSPS) is 10.3. The fourth-order valence-electron chi connectivity index (χ4n) is 4.01. The molecule has 2 aromatic carbocycles. The Morgan fingerprint density at radius 3 is 1.21 bits per heavy atom. The van der Waals surface area contributed by atoms with Crippen LogP contribution in [-0.4, -0.2) is 45.0 Å². The Kier molecular flexibility index (Phi) is 30.2. The zero-order valence-corrected chi connectivity index (χ0v) is 31.0. The quantitative estimate of drug-likeness (QED) is 0.0591. The van der Waals surface area contributed by atoms with Crippen molar-refractivity contribution in [1.82, 2.24) is 0 Å². The third kappa shape index (κ3) is 32.3. The van der Waals surface area contributed by atoms with Gasteiger partial charge in [-0.2, -0.15) is 0 Å². The van der Waals surface area contributed by atoms with Crippen LogP contribution in [-0.2, 0) is 41.9 Å². The van der Waals surface area contributed by atoms with Crippen LogP contribution < -0.4 is 10.2 Å². The van der Waals surface area contributed by atoms with Crippen LogP contribution in [0.2, 0.25) is 8.87 Å². The van der Waals surface area contributed by atoms with Crippen LogP contribution in [0.1, 0.15) is 102 Å². The molecule has 0 heterocycles. The van der Waals surface area contributed by atoms with Gasteiger partial charge in [-0.3, -0.25) is 0 Å².